The van der Waals surface area contributed by atoms with Crippen molar-refractivity contribution in [1.82, 2.24) is 10.6 Å². The molecule has 96 valence electrons. The number of carbonyl (C=O) groups excluding carboxylic acids is 1. The third-order valence-corrected chi connectivity index (χ3v) is 2.53. The van der Waals surface area contributed by atoms with Crippen LogP contribution in [-0.4, -0.2) is 32.8 Å². The van der Waals surface area contributed by atoms with Gasteiger partial charge in [0, 0.05) is 26.8 Å². The van der Waals surface area contributed by atoms with Crippen LogP contribution in [0.25, 0.3) is 0 Å². The molecule has 0 saturated carbocycles. The van der Waals surface area contributed by atoms with Gasteiger partial charge >= 0.3 is 6.03 Å². The first-order valence-corrected chi connectivity index (χ1v) is 6.02. The zero-order valence-electron chi connectivity index (χ0n) is 11.1. The number of carbonyl (C=O) groups is 1. The first-order valence-electron chi connectivity index (χ1n) is 6.02. The molecule has 4 heteroatoms. The van der Waals surface area contributed by atoms with Crippen LogP contribution in [0.2, 0.25) is 0 Å². The van der Waals surface area contributed by atoms with Gasteiger partial charge in [-0.25, -0.2) is 4.79 Å². The van der Waals surface area contributed by atoms with Crippen molar-refractivity contribution in [1.29, 1.82) is 0 Å². The van der Waals surface area contributed by atoms with E-state index in [1.807, 2.05) is 0 Å². The van der Waals surface area contributed by atoms with E-state index in [0.717, 1.165) is 32.4 Å². The summed E-state index contributed by atoms with van der Waals surface area (Å²) in [6.45, 7) is 8.51. The van der Waals surface area contributed by atoms with Crippen LogP contribution >= 0.6 is 0 Å². The number of urea groups is 1. The highest BCUT2D eigenvalue weighted by Gasteiger charge is 2.18. The Morgan fingerprint density at radius 3 is 2.56 bits per heavy atom. The van der Waals surface area contributed by atoms with Gasteiger partial charge in [0.2, 0.25) is 0 Å². The fraction of sp³-hybridized carbons (Fsp3) is 0.917. The smallest absolute Gasteiger partial charge is 0.314 e. The normalized spacial score (nSPS) is 11.2. The highest BCUT2D eigenvalue weighted by Crippen LogP contribution is 2.18. The van der Waals surface area contributed by atoms with E-state index in [4.69, 9.17) is 4.74 Å². The van der Waals surface area contributed by atoms with Crippen molar-refractivity contribution in [3.05, 3.63) is 0 Å². The van der Waals surface area contributed by atoms with Gasteiger partial charge in [-0.05, 0) is 18.3 Å². The molecule has 0 bridgehead atoms. The van der Waals surface area contributed by atoms with Crippen LogP contribution in [-0.2, 0) is 4.74 Å². The van der Waals surface area contributed by atoms with Crippen molar-refractivity contribution in [2.75, 3.05) is 26.8 Å². The molecule has 0 rings (SSSR count). The number of unbranched alkanes of at least 4 members (excludes halogenated alkanes) is 1. The van der Waals surface area contributed by atoms with Crippen molar-refractivity contribution in [2.24, 2.45) is 5.41 Å². The monoisotopic (exact) mass is 230 g/mol. The quantitative estimate of drug-likeness (QED) is 0.628. The molecule has 0 aliphatic carbocycles. The lowest BCUT2D eigenvalue weighted by atomic mass is 9.90. The van der Waals surface area contributed by atoms with E-state index in [2.05, 4.69) is 31.4 Å². The molecule has 0 spiro atoms. The second kappa shape index (κ2) is 8.39. The van der Waals surface area contributed by atoms with Gasteiger partial charge in [-0.1, -0.05) is 27.2 Å². The maximum absolute atomic E-state index is 11.4. The first kappa shape index (κ1) is 15.2. The fourth-order valence-electron chi connectivity index (χ4n) is 1.23. The molecule has 0 fully saturated rings. The lowest BCUT2D eigenvalue weighted by Gasteiger charge is -2.24. The minimum atomic E-state index is -0.0704. The molecule has 0 aromatic heterocycles. The summed E-state index contributed by atoms with van der Waals surface area (Å²) in [5.41, 5.74) is 0.0815. The van der Waals surface area contributed by atoms with E-state index in [1.54, 1.807) is 7.11 Å². The van der Waals surface area contributed by atoms with Crippen LogP contribution < -0.4 is 10.6 Å². The Balaban J connectivity index is 3.64. The second-order valence-electron chi connectivity index (χ2n) is 4.87. The molecular weight excluding hydrogens is 204 g/mol. The van der Waals surface area contributed by atoms with Gasteiger partial charge in [-0.2, -0.15) is 0 Å². The van der Waals surface area contributed by atoms with Crippen LogP contribution in [0.1, 0.15) is 40.0 Å². The van der Waals surface area contributed by atoms with Crippen molar-refractivity contribution >= 4 is 6.03 Å². The van der Waals surface area contributed by atoms with Crippen molar-refractivity contribution < 1.29 is 9.53 Å². The largest absolute Gasteiger partial charge is 0.385 e. The minimum Gasteiger partial charge on any atom is -0.385 e. The maximum atomic E-state index is 11.4. The lowest BCUT2D eigenvalue weighted by molar-refractivity contribution is 0.151. The number of methoxy groups -OCH3 is 1. The molecule has 0 saturated heterocycles. The highest BCUT2D eigenvalue weighted by atomic mass is 16.5. The summed E-state index contributed by atoms with van der Waals surface area (Å²) in [4.78, 5) is 11.4. The maximum Gasteiger partial charge on any atom is 0.314 e. The van der Waals surface area contributed by atoms with Crippen LogP contribution in [0, 0.1) is 5.41 Å². The van der Waals surface area contributed by atoms with Gasteiger partial charge in [0.15, 0.2) is 0 Å². The first-order chi connectivity index (χ1) is 7.52. The standard InChI is InChI=1S/C12H26N2O2/c1-5-6-8-13-11(15)14-10-12(2,3)7-9-16-4/h5-10H2,1-4H3,(H2,13,14,15). The Kier molecular flexibility index (Phi) is 7.99. The zero-order chi connectivity index (χ0) is 12.4. The Morgan fingerprint density at radius 2 is 2.00 bits per heavy atom. The van der Waals surface area contributed by atoms with Gasteiger partial charge in [0.05, 0.1) is 0 Å². The molecule has 0 unspecified atom stereocenters. The summed E-state index contributed by atoms with van der Waals surface area (Å²) in [6.07, 6.45) is 3.07. The van der Waals surface area contributed by atoms with Gasteiger partial charge in [0.25, 0.3) is 0 Å². The molecule has 0 aromatic carbocycles. The SMILES string of the molecule is CCCCNC(=O)NCC(C)(C)CCOC. The topological polar surface area (TPSA) is 50.4 Å². The van der Waals surface area contributed by atoms with E-state index in [0.29, 0.717) is 6.54 Å². The van der Waals surface area contributed by atoms with Crippen LogP contribution in [0.4, 0.5) is 4.79 Å². The zero-order valence-corrected chi connectivity index (χ0v) is 11.1. The number of ether oxygens (including phenoxy) is 1. The predicted molar refractivity (Wildman–Crippen MR) is 66.6 cm³/mol. The number of amides is 2. The average Bonchev–Trinajstić information content (AvgIpc) is 2.24. The summed E-state index contributed by atoms with van der Waals surface area (Å²) in [6, 6.07) is -0.0704. The fourth-order valence-corrected chi connectivity index (χ4v) is 1.23. The summed E-state index contributed by atoms with van der Waals surface area (Å²) >= 11 is 0. The molecule has 0 radical (unpaired) electrons. The molecule has 0 aromatic rings. The van der Waals surface area contributed by atoms with Gasteiger partial charge < -0.3 is 15.4 Å². The average molecular weight is 230 g/mol. The summed E-state index contributed by atoms with van der Waals surface area (Å²) < 4.78 is 5.04. The molecule has 0 aliphatic rings. The van der Waals surface area contributed by atoms with E-state index in [-0.39, 0.29) is 11.4 Å². The minimum absolute atomic E-state index is 0.0704. The Hall–Kier alpha value is -0.770. The third kappa shape index (κ3) is 8.53. The summed E-state index contributed by atoms with van der Waals surface area (Å²) in [5.74, 6) is 0. The molecule has 16 heavy (non-hydrogen) atoms. The van der Waals surface area contributed by atoms with Gasteiger partial charge in [-0.3, -0.25) is 0 Å². The molecule has 2 N–H and O–H groups in total. The highest BCUT2D eigenvalue weighted by molar-refractivity contribution is 5.73. The lowest BCUT2D eigenvalue weighted by Crippen LogP contribution is -2.41. The van der Waals surface area contributed by atoms with Crippen molar-refractivity contribution in [3.63, 3.8) is 0 Å². The van der Waals surface area contributed by atoms with E-state index >= 15 is 0 Å². The molecule has 0 aliphatic heterocycles. The number of rotatable bonds is 8. The Bertz CT molecular complexity index is 193. The molecule has 0 atom stereocenters. The number of hydrogen-bond acceptors (Lipinski definition) is 2. The van der Waals surface area contributed by atoms with Crippen LogP contribution in [0.3, 0.4) is 0 Å². The van der Waals surface area contributed by atoms with Crippen LogP contribution in [0.15, 0.2) is 0 Å². The van der Waals surface area contributed by atoms with Crippen molar-refractivity contribution in [2.45, 2.75) is 40.0 Å². The van der Waals surface area contributed by atoms with Gasteiger partial charge in [-0.15, -0.1) is 0 Å². The van der Waals surface area contributed by atoms with Gasteiger partial charge in [0.1, 0.15) is 0 Å². The molecule has 0 heterocycles. The predicted octanol–water partition coefficient (Wildman–Crippen LogP) is 2.15. The molecule has 2 amide bonds. The Labute approximate surface area is 99.1 Å². The van der Waals surface area contributed by atoms with Crippen LogP contribution in [0.5, 0.6) is 0 Å². The molecule has 4 nitrogen and oxygen atoms in total. The summed E-state index contributed by atoms with van der Waals surface area (Å²) in [7, 11) is 1.70. The summed E-state index contributed by atoms with van der Waals surface area (Å²) in [5, 5.41) is 5.72. The third-order valence-electron chi connectivity index (χ3n) is 2.53. The Morgan fingerprint density at radius 1 is 1.31 bits per heavy atom. The van der Waals surface area contributed by atoms with E-state index in [1.165, 1.54) is 0 Å². The number of hydrogen-bond donors (Lipinski definition) is 2. The number of nitrogens with one attached hydrogen (secondary N) is 2. The molecular formula is C12H26N2O2. The van der Waals surface area contributed by atoms with E-state index < -0.39 is 0 Å². The second-order valence-corrected chi connectivity index (χ2v) is 4.87. The van der Waals surface area contributed by atoms with Crippen molar-refractivity contribution in [3.8, 4) is 0 Å². The van der Waals surface area contributed by atoms with E-state index in [9.17, 15) is 4.79 Å².